The van der Waals surface area contributed by atoms with Crippen molar-refractivity contribution in [3.8, 4) is 0 Å². The Bertz CT molecular complexity index is 218. The van der Waals surface area contributed by atoms with Crippen molar-refractivity contribution in [2.24, 2.45) is 0 Å². The van der Waals surface area contributed by atoms with E-state index >= 15 is 0 Å². The fourth-order valence-electron chi connectivity index (χ4n) is 1.96. The van der Waals surface area contributed by atoms with Gasteiger partial charge in [0.2, 0.25) is 0 Å². The van der Waals surface area contributed by atoms with E-state index in [4.69, 9.17) is 0 Å². The fraction of sp³-hybridized carbons (Fsp3) is 0.750. The highest BCUT2D eigenvalue weighted by molar-refractivity contribution is 8.01. The van der Waals surface area contributed by atoms with Crippen LogP contribution in [0.2, 0.25) is 0 Å². The lowest BCUT2D eigenvalue weighted by Crippen LogP contribution is -2.36. The van der Waals surface area contributed by atoms with E-state index < -0.39 is 18.3 Å². The molecule has 0 radical (unpaired) electrons. The number of aliphatic hydroxyl groups excluding tert-OH is 3. The maximum absolute atomic E-state index is 9.53. The summed E-state index contributed by atoms with van der Waals surface area (Å²) in [5, 5.41) is 28.2. The standard InChI is InChI=1S/C8H13O3S/c1-4-2-5(9)8-7(11)6(10)3-12(4)8/h5-11H,1-3H2/q+1/t5-,6-,7+,8-,12?/m1/s1. The molecule has 5 atom stereocenters. The first-order valence-corrected chi connectivity index (χ1v) is 5.48. The van der Waals surface area contributed by atoms with Gasteiger partial charge in [0.05, 0.1) is 0 Å². The minimum atomic E-state index is -0.748. The fourth-order valence-corrected chi connectivity index (χ4v) is 4.75. The first kappa shape index (κ1) is 8.56. The zero-order valence-corrected chi connectivity index (χ0v) is 7.50. The zero-order valence-electron chi connectivity index (χ0n) is 6.68. The first-order valence-electron chi connectivity index (χ1n) is 4.03. The summed E-state index contributed by atoms with van der Waals surface area (Å²) in [5.41, 5.74) is 0. The van der Waals surface area contributed by atoms with E-state index in [0.717, 1.165) is 4.91 Å². The molecule has 2 fully saturated rings. The largest absolute Gasteiger partial charge is 0.387 e. The van der Waals surface area contributed by atoms with Gasteiger partial charge in [-0.05, 0) is 6.58 Å². The number of hydrogen-bond acceptors (Lipinski definition) is 3. The average Bonchev–Trinajstić information content (AvgIpc) is 2.41. The second-order valence-corrected chi connectivity index (χ2v) is 5.74. The molecule has 0 aromatic heterocycles. The van der Waals surface area contributed by atoms with Crippen LogP contribution >= 0.6 is 0 Å². The van der Waals surface area contributed by atoms with E-state index in [1.165, 1.54) is 0 Å². The normalized spacial score (nSPS) is 52.9. The molecule has 2 rings (SSSR count). The summed E-state index contributed by atoms with van der Waals surface area (Å²) in [6.45, 7) is 3.85. The number of aliphatic hydroxyl groups is 3. The topological polar surface area (TPSA) is 60.7 Å². The minimum Gasteiger partial charge on any atom is -0.387 e. The minimum absolute atomic E-state index is 0.146. The van der Waals surface area contributed by atoms with E-state index in [2.05, 4.69) is 6.58 Å². The van der Waals surface area contributed by atoms with Crippen molar-refractivity contribution >= 4 is 10.9 Å². The smallest absolute Gasteiger partial charge is 0.177 e. The second-order valence-electron chi connectivity index (χ2n) is 3.43. The van der Waals surface area contributed by atoms with Crippen LogP contribution in [-0.2, 0) is 10.9 Å². The van der Waals surface area contributed by atoms with Gasteiger partial charge < -0.3 is 15.3 Å². The Kier molecular flexibility index (Phi) is 1.95. The van der Waals surface area contributed by atoms with Crippen LogP contribution in [0, 0.1) is 0 Å². The van der Waals surface area contributed by atoms with Gasteiger partial charge in [-0.2, -0.15) is 0 Å². The predicted molar refractivity (Wildman–Crippen MR) is 47.8 cm³/mol. The zero-order chi connectivity index (χ0) is 8.88. The summed E-state index contributed by atoms with van der Waals surface area (Å²) in [6, 6.07) is 0. The van der Waals surface area contributed by atoms with Crippen molar-refractivity contribution < 1.29 is 15.3 Å². The molecule has 0 spiro atoms. The molecule has 2 aliphatic heterocycles. The van der Waals surface area contributed by atoms with Gasteiger partial charge >= 0.3 is 0 Å². The van der Waals surface area contributed by atoms with Crippen molar-refractivity contribution in [2.75, 3.05) is 5.75 Å². The van der Waals surface area contributed by atoms with E-state index in [9.17, 15) is 15.3 Å². The molecule has 12 heavy (non-hydrogen) atoms. The van der Waals surface area contributed by atoms with Gasteiger partial charge in [-0.25, -0.2) is 0 Å². The van der Waals surface area contributed by atoms with E-state index in [-0.39, 0.29) is 16.1 Å². The molecule has 0 aromatic carbocycles. The molecule has 0 bridgehead atoms. The van der Waals surface area contributed by atoms with Crippen molar-refractivity contribution in [3.05, 3.63) is 11.5 Å². The molecule has 4 heteroatoms. The van der Waals surface area contributed by atoms with Crippen molar-refractivity contribution in [3.63, 3.8) is 0 Å². The maximum atomic E-state index is 9.53. The molecule has 0 saturated carbocycles. The molecular weight excluding hydrogens is 176 g/mol. The van der Waals surface area contributed by atoms with E-state index in [1.807, 2.05) is 0 Å². The van der Waals surface area contributed by atoms with Crippen LogP contribution in [0.25, 0.3) is 0 Å². The van der Waals surface area contributed by atoms with Gasteiger partial charge in [0.25, 0.3) is 0 Å². The highest BCUT2D eigenvalue weighted by Gasteiger charge is 2.59. The molecule has 0 aliphatic carbocycles. The van der Waals surface area contributed by atoms with Crippen LogP contribution in [0.1, 0.15) is 6.42 Å². The van der Waals surface area contributed by atoms with Crippen molar-refractivity contribution in [2.45, 2.75) is 30.0 Å². The molecule has 3 N–H and O–H groups in total. The quantitative estimate of drug-likeness (QED) is 0.428. The van der Waals surface area contributed by atoms with Gasteiger partial charge in [0.1, 0.15) is 29.0 Å². The van der Waals surface area contributed by atoms with Crippen LogP contribution in [0.15, 0.2) is 11.5 Å². The summed E-state index contributed by atoms with van der Waals surface area (Å²) in [6.07, 6.45) is -1.31. The Labute approximate surface area is 74.1 Å². The van der Waals surface area contributed by atoms with Crippen LogP contribution < -0.4 is 0 Å². The SMILES string of the molecule is C=C1C[C@@H](O)[C@@H]2[C@@H](O)[C@H](O)C[S+]12. The van der Waals surface area contributed by atoms with E-state index in [1.54, 1.807) is 0 Å². The van der Waals surface area contributed by atoms with Crippen LogP contribution in [-0.4, -0.2) is 44.6 Å². The van der Waals surface area contributed by atoms with Crippen LogP contribution in [0.5, 0.6) is 0 Å². The third-order valence-electron chi connectivity index (χ3n) is 2.60. The summed E-state index contributed by atoms with van der Waals surface area (Å²) < 4.78 is 0. The second kappa shape index (κ2) is 2.73. The van der Waals surface area contributed by atoms with E-state index in [0.29, 0.717) is 12.2 Å². The van der Waals surface area contributed by atoms with Crippen LogP contribution in [0.3, 0.4) is 0 Å². The molecular formula is C8H13O3S+. The molecule has 68 valence electrons. The number of hydrogen-bond donors (Lipinski definition) is 3. The van der Waals surface area contributed by atoms with Gasteiger partial charge in [0, 0.05) is 17.3 Å². The summed E-state index contributed by atoms with van der Waals surface area (Å²) >= 11 is 0. The van der Waals surface area contributed by atoms with Gasteiger partial charge in [-0.15, -0.1) is 0 Å². The van der Waals surface area contributed by atoms with Gasteiger partial charge in [0.15, 0.2) is 5.25 Å². The lowest BCUT2D eigenvalue weighted by molar-refractivity contribution is 0.0161. The molecule has 0 aromatic rings. The van der Waals surface area contributed by atoms with Crippen LogP contribution in [0.4, 0.5) is 0 Å². The molecule has 2 saturated heterocycles. The van der Waals surface area contributed by atoms with Gasteiger partial charge in [-0.1, -0.05) is 0 Å². The Balaban J connectivity index is 2.23. The Morgan fingerprint density at radius 1 is 1.25 bits per heavy atom. The Hall–Kier alpha value is -0.0300. The molecule has 1 unspecified atom stereocenters. The highest BCUT2D eigenvalue weighted by Crippen LogP contribution is 2.40. The Morgan fingerprint density at radius 2 is 1.92 bits per heavy atom. The molecule has 2 heterocycles. The number of fused-ring (bicyclic) bond motifs is 1. The third kappa shape index (κ3) is 1.03. The lowest BCUT2D eigenvalue weighted by Gasteiger charge is -2.10. The first-order chi connectivity index (χ1) is 5.61. The maximum Gasteiger partial charge on any atom is 0.177 e. The van der Waals surface area contributed by atoms with Crippen molar-refractivity contribution in [1.29, 1.82) is 0 Å². The number of rotatable bonds is 0. The average molecular weight is 189 g/mol. The Morgan fingerprint density at radius 3 is 2.50 bits per heavy atom. The summed E-state index contributed by atoms with van der Waals surface area (Å²) in [4.78, 5) is 1.00. The molecule has 0 amide bonds. The monoisotopic (exact) mass is 189 g/mol. The van der Waals surface area contributed by atoms with Gasteiger partial charge in [-0.3, -0.25) is 0 Å². The molecule has 2 aliphatic rings. The lowest BCUT2D eigenvalue weighted by atomic mass is 10.1. The summed E-state index contributed by atoms with van der Waals surface area (Å²) in [7, 11) is -0.147. The van der Waals surface area contributed by atoms with Crippen molar-refractivity contribution in [1.82, 2.24) is 0 Å². The third-order valence-corrected chi connectivity index (χ3v) is 5.46. The highest BCUT2D eigenvalue weighted by atomic mass is 32.2. The molecule has 3 nitrogen and oxygen atoms in total. The predicted octanol–water partition coefficient (Wildman–Crippen LogP) is -1.01. The summed E-state index contributed by atoms with van der Waals surface area (Å²) in [5.74, 6) is 0.585.